The van der Waals surface area contributed by atoms with Gasteiger partial charge in [0.2, 0.25) is 5.91 Å². The number of aliphatic hydroxyl groups is 1. The van der Waals surface area contributed by atoms with Crippen LogP contribution in [0.5, 0.6) is 0 Å². The molecule has 0 bridgehead atoms. The summed E-state index contributed by atoms with van der Waals surface area (Å²) in [6, 6.07) is 6.31. The fourth-order valence-corrected chi connectivity index (χ4v) is 1.79. The quantitative estimate of drug-likeness (QED) is 0.769. The molecule has 0 aliphatic rings. The average molecular weight is 243 g/mol. The SMILES string of the molecule is C[C@H](O)CNC(=O)CSc1ccccc1F. The molecule has 0 heterocycles. The Hall–Kier alpha value is -1.07. The highest BCUT2D eigenvalue weighted by Crippen LogP contribution is 2.20. The van der Waals surface area contributed by atoms with Crippen LogP contribution >= 0.6 is 11.8 Å². The molecular weight excluding hydrogens is 229 g/mol. The molecule has 0 saturated heterocycles. The third-order valence-electron chi connectivity index (χ3n) is 1.79. The Morgan fingerprint density at radius 3 is 2.88 bits per heavy atom. The molecule has 2 N–H and O–H groups in total. The highest BCUT2D eigenvalue weighted by atomic mass is 32.2. The van der Waals surface area contributed by atoms with Crippen LogP contribution in [0.25, 0.3) is 0 Å². The number of carbonyl (C=O) groups is 1. The van der Waals surface area contributed by atoms with Crippen LogP contribution in [0.15, 0.2) is 29.2 Å². The Bertz CT molecular complexity index is 358. The molecule has 0 fully saturated rings. The van der Waals surface area contributed by atoms with Crippen molar-refractivity contribution in [1.29, 1.82) is 0 Å². The van der Waals surface area contributed by atoms with Crippen LogP contribution in [0.4, 0.5) is 4.39 Å². The first-order valence-corrected chi connectivity index (χ1v) is 5.90. The van der Waals surface area contributed by atoms with E-state index in [1.165, 1.54) is 6.07 Å². The maximum absolute atomic E-state index is 13.2. The lowest BCUT2D eigenvalue weighted by Crippen LogP contribution is -2.31. The van der Waals surface area contributed by atoms with E-state index in [1.54, 1.807) is 25.1 Å². The molecule has 3 nitrogen and oxygen atoms in total. The first kappa shape index (κ1) is 13.0. The molecule has 1 atom stereocenters. The molecule has 0 aliphatic heterocycles. The first-order chi connectivity index (χ1) is 7.59. The van der Waals surface area contributed by atoms with E-state index in [-0.39, 0.29) is 24.0 Å². The van der Waals surface area contributed by atoms with Gasteiger partial charge in [-0.2, -0.15) is 0 Å². The Kier molecular flexibility index (Phi) is 5.28. The van der Waals surface area contributed by atoms with Gasteiger partial charge in [-0.25, -0.2) is 4.39 Å². The molecule has 1 aromatic carbocycles. The summed E-state index contributed by atoms with van der Waals surface area (Å²) in [7, 11) is 0. The molecule has 0 saturated carbocycles. The summed E-state index contributed by atoms with van der Waals surface area (Å²) in [5, 5.41) is 11.5. The number of hydrogen-bond acceptors (Lipinski definition) is 3. The van der Waals surface area contributed by atoms with E-state index in [4.69, 9.17) is 5.11 Å². The van der Waals surface area contributed by atoms with Crippen LogP contribution in [0.2, 0.25) is 0 Å². The molecule has 0 aromatic heterocycles. The van der Waals surface area contributed by atoms with Gasteiger partial charge in [-0.3, -0.25) is 4.79 Å². The molecular formula is C11H14FNO2S. The molecule has 5 heteroatoms. The predicted molar refractivity (Wildman–Crippen MR) is 61.8 cm³/mol. The number of carbonyl (C=O) groups excluding carboxylic acids is 1. The number of halogens is 1. The third-order valence-corrected chi connectivity index (χ3v) is 2.84. The zero-order valence-corrected chi connectivity index (χ0v) is 9.76. The zero-order chi connectivity index (χ0) is 12.0. The van der Waals surface area contributed by atoms with Gasteiger partial charge in [0.05, 0.1) is 11.9 Å². The average Bonchev–Trinajstić information content (AvgIpc) is 2.25. The zero-order valence-electron chi connectivity index (χ0n) is 8.94. The van der Waals surface area contributed by atoms with Gasteiger partial charge in [-0.05, 0) is 19.1 Å². The predicted octanol–water partition coefficient (Wildman–Crippen LogP) is 1.41. The van der Waals surface area contributed by atoms with Crippen molar-refractivity contribution in [3.63, 3.8) is 0 Å². The number of rotatable bonds is 5. The lowest BCUT2D eigenvalue weighted by Gasteiger charge is -2.07. The Morgan fingerprint density at radius 2 is 2.25 bits per heavy atom. The normalized spacial score (nSPS) is 12.2. The second-order valence-electron chi connectivity index (χ2n) is 3.37. The van der Waals surface area contributed by atoms with Crippen molar-refractivity contribution in [3.05, 3.63) is 30.1 Å². The minimum atomic E-state index is -0.567. The van der Waals surface area contributed by atoms with Gasteiger partial charge in [0.25, 0.3) is 0 Å². The summed E-state index contributed by atoms with van der Waals surface area (Å²) in [4.78, 5) is 11.7. The number of thioether (sulfide) groups is 1. The van der Waals surface area contributed by atoms with Gasteiger partial charge in [-0.15, -0.1) is 11.8 Å². The number of aliphatic hydroxyl groups excluding tert-OH is 1. The van der Waals surface area contributed by atoms with Crippen molar-refractivity contribution in [2.75, 3.05) is 12.3 Å². The highest BCUT2D eigenvalue weighted by Gasteiger charge is 2.06. The fraction of sp³-hybridized carbons (Fsp3) is 0.364. The maximum Gasteiger partial charge on any atom is 0.230 e. The van der Waals surface area contributed by atoms with Crippen LogP contribution in [0.1, 0.15) is 6.92 Å². The minimum Gasteiger partial charge on any atom is -0.392 e. The van der Waals surface area contributed by atoms with Crippen LogP contribution in [0, 0.1) is 5.82 Å². The highest BCUT2D eigenvalue weighted by molar-refractivity contribution is 8.00. The van der Waals surface area contributed by atoms with E-state index in [9.17, 15) is 9.18 Å². The molecule has 0 spiro atoms. The van der Waals surface area contributed by atoms with E-state index in [0.29, 0.717) is 4.90 Å². The van der Waals surface area contributed by atoms with E-state index < -0.39 is 6.10 Å². The summed E-state index contributed by atoms with van der Waals surface area (Å²) in [5.74, 6) is -0.391. The Balaban J connectivity index is 2.35. The molecule has 88 valence electrons. The Labute approximate surface area is 98.1 Å². The maximum atomic E-state index is 13.2. The van der Waals surface area contributed by atoms with Gasteiger partial charge in [0.15, 0.2) is 0 Å². The van der Waals surface area contributed by atoms with Gasteiger partial charge in [0.1, 0.15) is 5.82 Å². The molecule has 0 aliphatic carbocycles. The number of nitrogens with one attached hydrogen (secondary N) is 1. The first-order valence-electron chi connectivity index (χ1n) is 4.91. The Morgan fingerprint density at radius 1 is 1.56 bits per heavy atom. The third kappa shape index (κ3) is 4.63. The summed E-state index contributed by atoms with van der Waals surface area (Å²) in [6.07, 6.45) is -0.567. The van der Waals surface area contributed by atoms with Crippen molar-refractivity contribution in [2.24, 2.45) is 0 Å². The van der Waals surface area contributed by atoms with Crippen molar-refractivity contribution in [3.8, 4) is 0 Å². The van der Waals surface area contributed by atoms with Crippen LogP contribution in [-0.2, 0) is 4.79 Å². The van der Waals surface area contributed by atoms with E-state index in [2.05, 4.69) is 5.32 Å². The van der Waals surface area contributed by atoms with E-state index in [0.717, 1.165) is 11.8 Å². The van der Waals surface area contributed by atoms with Gasteiger partial charge >= 0.3 is 0 Å². The van der Waals surface area contributed by atoms with Gasteiger partial charge in [0, 0.05) is 11.4 Å². The van der Waals surface area contributed by atoms with Crippen molar-refractivity contribution in [1.82, 2.24) is 5.32 Å². The minimum absolute atomic E-state index is 0.146. The standard InChI is InChI=1S/C11H14FNO2S/c1-8(14)6-13-11(15)7-16-10-5-3-2-4-9(10)12/h2-5,8,14H,6-7H2,1H3,(H,13,15)/t8-/m0/s1. The summed E-state index contributed by atoms with van der Waals surface area (Å²) in [6.45, 7) is 1.81. The molecule has 0 radical (unpaired) electrons. The van der Waals surface area contributed by atoms with E-state index >= 15 is 0 Å². The number of benzene rings is 1. The lowest BCUT2D eigenvalue weighted by atomic mass is 10.3. The van der Waals surface area contributed by atoms with Gasteiger partial charge in [-0.1, -0.05) is 12.1 Å². The molecule has 0 unspecified atom stereocenters. The second kappa shape index (κ2) is 6.50. The summed E-state index contributed by atoms with van der Waals surface area (Å²) in [5.41, 5.74) is 0. The number of amides is 1. The van der Waals surface area contributed by atoms with Crippen molar-refractivity contribution >= 4 is 17.7 Å². The molecule has 16 heavy (non-hydrogen) atoms. The van der Waals surface area contributed by atoms with Crippen LogP contribution < -0.4 is 5.32 Å². The topological polar surface area (TPSA) is 49.3 Å². The largest absolute Gasteiger partial charge is 0.392 e. The van der Waals surface area contributed by atoms with Gasteiger partial charge < -0.3 is 10.4 Å². The smallest absolute Gasteiger partial charge is 0.230 e. The fourth-order valence-electron chi connectivity index (χ4n) is 1.02. The monoisotopic (exact) mass is 243 g/mol. The molecule has 1 rings (SSSR count). The molecule has 1 aromatic rings. The second-order valence-corrected chi connectivity index (χ2v) is 4.39. The lowest BCUT2D eigenvalue weighted by molar-refractivity contribution is -0.118. The van der Waals surface area contributed by atoms with E-state index in [1.807, 2.05) is 0 Å². The van der Waals surface area contributed by atoms with Crippen LogP contribution in [0.3, 0.4) is 0 Å². The van der Waals surface area contributed by atoms with Crippen molar-refractivity contribution < 1.29 is 14.3 Å². The number of hydrogen-bond donors (Lipinski definition) is 2. The van der Waals surface area contributed by atoms with Crippen LogP contribution in [-0.4, -0.2) is 29.4 Å². The summed E-state index contributed by atoms with van der Waals surface area (Å²) < 4.78 is 13.2. The molecule has 1 amide bonds. The van der Waals surface area contributed by atoms with Crippen molar-refractivity contribution in [2.45, 2.75) is 17.9 Å². The summed E-state index contributed by atoms with van der Waals surface area (Å²) >= 11 is 1.14.